The third-order valence-corrected chi connectivity index (χ3v) is 3.77. The summed E-state index contributed by atoms with van der Waals surface area (Å²) in [5.74, 6) is 1.14. The first-order chi connectivity index (χ1) is 8.90. The van der Waals surface area contributed by atoms with Crippen molar-refractivity contribution < 1.29 is 14.6 Å². The van der Waals surface area contributed by atoms with E-state index in [4.69, 9.17) is 14.6 Å². The van der Waals surface area contributed by atoms with Gasteiger partial charge < -0.3 is 14.6 Å². The van der Waals surface area contributed by atoms with E-state index < -0.39 is 0 Å². The molecule has 0 amide bonds. The van der Waals surface area contributed by atoms with Crippen LogP contribution in [0.5, 0.6) is 0 Å². The lowest BCUT2D eigenvalue weighted by molar-refractivity contribution is -0.243. The molecule has 0 radical (unpaired) electrons. The number of rotatable bonds is 6. The molecule has 1 rings (SSSR count). The predicted molar refractivity (Wildman–Crippen MR) is 78.0 cm³/mol. The molecule has 1 saturated heterocycles. The molecule has 0 aromatic rings. The molecule has 0 bridgehead atoms. The van der Waals surface area contributed by atoms with Crippen LogP contribution in [0.3, 0.4) is 0 Å². The smallest absolute Gasteiger partial charge is 0.160 e. The van der Waals surface area contributed by atoms with Gasteiger partial charge in [0.1, 0.15) is 5.76 Å². The lowest BCUT2D eigenvalue weighted by Crippen LogP contribution is -2.40. The second-order valence-electron chi connectivity index (χ2n) is 5.82. The van der Waals surface area contributed by atoms with Crippen molar-refractivity contribution in [1.29, 1.82) is 0 Å². The Kier molecular flexibility index (Phi) is 6.59. The van der Waals surface area contributed by atoms with Crippen LogP contribution < -0.4 is 0 Å². The quantitative estimate of drug-likeness (QED) is 0.579. The number of allylic oxidation sites excluding steroid dienone is 2. The molecule has 1 aliphatic heterocycles. The van der Waals surface area contributed by atoms with E-state index in [1.165, 1.54) is 0 Å². The van der Waals surface area contributed by atoms with Gasteiger partial charge in [-0.25, -0.2) is 0 Å². The van der Waals surface area contributed by atoms with Gasteiger partial charge in [0.05, 0.1) is 12.2 Å². The van der Waals surface area contributed by atoms with E-state index in [2.05, 4.69) is 34.3 Å². The van der Waals surface area contributed by atoms with Gasteiger partial charge in [-0.05, 0) is 45.1 Å². The van der Waals surface area contributed by atoms with Gasteiger partial charge in [-0.3, -0.25) is 0 Å². The van der Waals surface area contributed by atoms with Crippen molar-refractivity contribution in [3.63, 3.8) is 0 Å². The highest BCUT2D eigenvalue weighted by Crippen LogP contribution is 2.30. The molecule has 0 spiro atoms. The first-order valence-corrected chi connectivity index (χ1v) is 7.25. The Morgan fingerprint density at radius 3 is 2.74 bits per heavy atom. The van der Waals surface area contributed by atoms with Crippen LogP contribution in [0.15, 0.2) is 24.5 Å². The fourth-order valence-corrected chi connectivity index (χ4v) is 2.38. The Labute approximate surface area is 117 Å². The molecule has 1 heterocycles. The minimum absolute atomic E-state index is 0.0852. The normalized spacial score (nSPS) is 33.5. The van der Waals surface area contributed by atoms with Crippen molar-refractivity contribution in [2.75, 3.05) is 0 Å². The fourth-order valence-electron chi connectivity index (χ4n) is 2.38. The van der Waals surface area contributed by atoms with Gasteiger partial charge in [0.2, 0.25) is 0 Å². The van der Waals surface area contributed by atoms with Crippen molar-refractivity contribution in [1.82, 2.24) is 0 Å². The Bertz CT molecular complexity index is 311. The number of ether oxygens (including phenoxy) is 2. The summed E-state index contributed by atoms with van der Waals surface area (Å²) in [7, 11) is 0. The lowest BCUT2D eigenvalue weighted by Gasteiger charge is -2.38. The zero-order valence-corrected chi connectivity index (χ0v) is 12.6. The summed E-state index contributed by atoms with van der Waals surface area (Å²) < 4.78 is 11.9. The van der Waals surface area contributed by atoms with Gasteiger partial charge >= 0.3 is 0 Å². The molecule has 0 unspecified atom stereocenters. The van der Waals surface area contributed by atoms with Crippen LogP contribution in [-0.2, 0) is 9.47 Å². The third kappa shape index (κ3) is 5.79. The van der Waals surface area contributed by atoms with E-state index in [0.717, 1.165) is 19.3 Å². The molecular weight excluding hydrogens is 240 g/mol. The summed E-state index contributed by atoms with van der Waals surface area (Å²) >= 11 is 0. The molecule has 1 fully saturated rings. The summed E-state index contributed by atoms with van der Waals surface area (Å²) in [6.45, 7) is 12.0. The molecule has 0 saturated carbocycles. The second-order valence-corrected chi connectivity index (χ2v) is 5.82. The Morgan fingerprint density at radius 2 is 2.11 bits per heavy atom. The average molecular weight is 268 g/mol. The summed E-state index contributed by atoms with van der Waals surface area (Å²) in [4.78, 5) is 0. The third-order valence-electron chi connectivity index (χ3n) is 3.77. The fraction of sp³-hybridized carbons (Fsp3) is 0.750. The van der Waals surface area contributed by atoms with Gasteiger partial charge in [-0.2, -0.15) is 0 Å². The second kappa shape index (κ2) is 7.71. The predicted octanol–water partition coefficient (Wildman–Crippen LogP) is 4.21. The van der Waals surface area contributed by atoms with Crippen LogP contribution in [0.4, 0.5) is 0 Å². The lowest BCUT2D eigenvalue weighted by atomic mass is 9.90. The van der Waals surface area contributed by atoms with Crippen LogP contribution in [0.25, 0.3) is 0 Å². The Morgan fingerprint density at radius 1 is 1.42 bits per heavy atom. The van der Waals surface area contributed by atoms with Gasteiger partial charge in [-0.15, -0.1) is 0 Å². The molecule has 0 aromatic carbocycles. The first-order valence-electron chi connectivity index (χ1n) is 7.25. The SMILES string of the molecule is C=C(O)/C=C/CC[C@@H](C)O[C@@H]1O[C@@H](C)[C@H](C)C[C@H]1C. The van der Waals surface area contributed by atoms with Crippen LogP contribution >= 0.6 is 0 Å². The van der Waals surface area contributed by atoms with Gasteiger partial charge in [0.15, 0.2) is 6.29 Å². The molecule has 3 heteroatoms. The van der Waals surface area contributed by atoms with Gasteiger partial charge in [-0.1, -0.05) is 26.5 Å². The van der Waals surface area contributed by atoms with E-state index in [1.54, 1.807) is 6.08 Å². The van der Waals surface area contributed by atoms with Gasteiger partial charge in [0, 0.05) is 5.92 Å². The summed E-state index contributed by atoms with van der Waals surface area (Å²) in [6, 6.07) is 0. The van der Waals surface area contributed by atoms with Crippen LogP contribution in [-0.4, -0.2) is 23.6 Å². The van der Waals surface area contributed by atoms with E-state index in [9.17, 15) is 0 Å². The van der Waals surface area contributed by atoms with E-state index in [-0.39, 0.29) is 24.3 Å². The molecule has 0 aromatic heterocycles. The van der Waals surface area contributed by atoms with Gasteiger partial charge in [0.25, 0.3) is 0 Å². The molecule has 0 aliphatic carbocycles. The highest BCUT2D eigenvalue weighted by atomic mass is 16.7. The molecule has 110 valence electrons. The molecule has 1 aliphatic rings. The van der Waals surface area contributed by atoms with Crippen molar-refractivity contribution in [3.8, 4) is 0 Å². The van der Waals surface area contributed by atoms with Crippen LogP contribution in [0.2, 0.25) is 0 Å². The van der Waals surface area contributed by atoms with Crippen molar-refractivity contribution in [2.24, 2.45) is 11.8 Å². The summed E-state index contributed by atoms with van der Waals surface area (Å²) in [6.07, 6.45) is 6.82. The van der Waals surface area contributed by atoms with E-state index in [0.29, 0.717) is 11.8 Å². The monoisotopic (exact) mass is 268 g/mol. The number of hydrogen-bond donors (Lipinski definition) is 1. The molecular formula is C16H28O3. The molecule has 3 nitrogen and oxygen atoms in total. The van der Waals surface area contributed by atoms with Crippen molar-refractivity contribution in [3.05, 3.63) is 24.5 Å². The van der Waals surface area contributed by atoms with E-state index >= 15 is 0 Å². The van der Waals surface area contributed by atoms with Crippen LogP contribution in [0.1, 0.15) is 47.0 Å². The minimum atomic E-state index is -0.0852. The maximum atomic E-state index is 8.93. The number of hydrogen-bond acceptors (Lipinski definition) is 3. The molecule has 1 N–H and O–H groups in total. The Hall–Kier alpha value is -0.800. The zero-order valence-electron chi connectivity index (χ0n) is 12.6. The highest BCUT2D eigenvalue weighted by molar-refractivity contribution is 5.04. The maximum Gasteiger partial charge on any atom is 0.160 e. The maximum absolute atomic E-state index is 8.93. The Balaban J connectivity index is 2.31. The zero-order chi connectivity index (χ0) is 14.4. The minimum Gasteiger partial charge on any atom is -0.509 e. The largest absolute Gasteiger partial charge is 0.509 e. The summed E-state index contributed by atoms with van der Waals surface area (Å²) in [5.41, 5.74) is 0. The van der Waals surface area contributed by atoms with E-state index in [1.807, 2.05) is 6.08 Å². The number of aliphatic hydroxyl groups excluding tert-OH is 1. The molecule has 5 atom stereocenters. The van der Waals surface area contributed by atoms with Crippen molar-refractivity contribution >= 4 is 0 Å². The topological polar surface area (TPSA) is 38.7 Å². The highest BCUT2D eigenvalue weighted by Gasteiger charge is 2.32. The summed E-state index contributed by atoms with van der Waals surface area (Å²) in [5, 5.41) is 8.93. The van der Waals surface area contributed by atoms with Crippen LogP contribution in [0, 0.1) is 11.8 Å². The average Bonchev–Trinajstić information content (AvgIpc) is 2.31. The standard InChI is InChI=1S/C16H28O3/c1-11-10-12(2)16(19-15(11)5)18-14(4)9-7-6-8-13(3)17/h6,8,11-12,14-17H,3,7,9-10H2,1-2,4-5H3/b8-6+/t11-,12-,14-,15+,16-/m1/s1. The number of aliphatic hydroxyl groups is 1. The first kappa shape index (κ1) is 16.3. The molecule has 19 heavy (non-hydrogen) atoms. The van der Waals surface area contributed by atoms with Crippen molar-refractivity contribution in [2.45, 2.75) is 65.5 Å².